The number of ether oxygens (including phenoxy) is 1. The van der Waals surface area contributed by atoms with Gasteiger partial charge in [0.25, 0.3) is 0 Å². The molecule has 0 aromatic heterocycles. The topological polar surface area (TPSA) is 26.3 Å². The molecule has 0 aliphatic rings. The van der Waals surface area contributed by atoms with Gasteiger partial charge in [0.05, 0.1) is 21.1 Å². The molecule has 0 atom stereocenters. The van der Waals surface area contributed by atoms with Crippen LogP contribution in [-0.2, 0) is 9.53 Å². The molecular weight excluding hydrogens is 497 g/mol. The molecule has 0 unspecified atom stereocenters. The van der Waals surface area contributed by atoms with Crippen molar-refractivity contribution in [2.24, 2.45) is 0 Å². The van der Waals surface area contributed by atoms with Crippen molar-refractivity contribution < 1.29 is 38.0 Å². The lowest BCUT2D eigenvalue weighted by Crippen LogP contribution is -3.00. The van der Waals surface area contributed by atoms with E-state index in [1.54, 1.807) is 6.08 Å². The number of likely N-dealkylation sites (N-methyl/N-ethyl adjacent to an activating group) is 1. The highest BCUT2D eigenvalue weighted by molar-refractivity contribution is 5.82. The van der Waals surface area contributed by atoms with Crippen molar-refractivity contribution in [1.82, 2.24) is 0 Å². The van der Waals surface area contributed by atoms with E-state index in [1.165, 1.54) is 57.4 Å². The summed E-state index contributed by atoms with van der Waals surface area (Å²) in [6, 6.07) is 0. The fraction of sp³-hybridized carbons (Fsp3) is 0.519. The molecule has 0 heterocycles. The molecule has 0 aromatic rings. The monoisotopic (exact) mass is 541 g/mol. The fourth-order valence-corrected chi connectivity index (χ4v) is 2.51. The zero-order valence-electron chi connectivity index (χ0n) is 20.1. The van der Waals surface area contributed by atoms with Crippen LogP contribution >= 0.6 is 0 Å². The highest BCUT2D eigenvalue weighted by atomic mass is 127. The Hall–Kier alpha value is -1.40. The second kappa shape index (κ2) is 23.3. The molecule has 0 amide bonds. The van der Waals surface area contributed by atoms with Crippen molar-refractivity contribution in [1.29, 1.82) is 0 Å². The van der Waals surface area contributed by atoms with Crippen LogP contribution in [0.25, 0.3) is 0 Å². The van der Waals surface area contributed by atoms with Gasteiger partial charge in [-0.25, -0.2) is 4.79 Å². The molecule has 0 N–H and O–H groups in total. The van der Waals surface area contributed by atoms with Crippen LogP contribution in [0.2, 0.25) is 0 Å². The van der Waals surface area contributed by atoms with Crippen LogP contribution in [0.3, 0.4) is 0 Å². The lowest BCUT2D eigenvalue weighted by molar-refractivity contribution is -0.870. The van der Waals surface area contributed by atoms with E-state index in [2.05, 4.69) is 46.3 Å². The molecule has 0 rings (SSSR count). The van der Waals surface area contributed by atoms with Gasteiger partial charge in [-0.1, -0.05) is 112 Å². The molecule has 0 spiro atoms. The van der Waals surface area contributed by atoms with E-state index in [0.717, 1.165) is 11.0 Å². The molecule has 4 heteroatoms. The molecule has 0 radical (unpaired) electrons. The maximum atomic E-state index is 11.5. The Morgan fingerprint density at radius 2 is 1.19 bits per heavy atom. The SMILES string of the molecule is CCCCCCCCCC=CC=CC=CC=CC=CC=CC(=O)OCC[N+](C)(C)C.[I-]. The van der Waals surface area contributed by atoms with Crippen LogP contribution in [-0.4, -0.2) is 44.7 Å². The number of nitrogens with zero attached hydrogens (tertiary/aromatic N) is 1. The summed E-state index contributed by atoms with van der Waals surface area (Å²) in [6.07, 6.45) is 33.8. The number of hydrogen-bond acceptors (Lipinski definition) is 2. The van der Waals surface area contributed by atoms with Crippen molar-refractivity contribution >= 4 is 5.97 Å². The molecule has 0 aliphatic heterocycles. The van der Waals surface area contributed by atoms with Crippen molar-refractivity contribution in [2.45, 2.75) is 58.3 Å². The summed E-state index contributed by atoms with van der Waals surface area (Å²) < 4.78 is 5.92. The molecule has 176 valence electrons. The zero-order valence-corrected chi connectivity index (χ0v) is 22.3. The summed E-state index contributed by atoms with van der Waals surface area (Å²) in [7, 11) is 6.20. The standard InChI is InChI=1S/C27H44NO2.HI/c1-5-6-7-8-9-10-11-12-13-14-15-16-17-18-19-20-21-22-23-24-27(29)30-26-25-28(2,3)4;/h13-24H,5-12,25-26H2,1-4H3;1H/q+1;/p-1. The van der Waals surface area contributed by atoms with Gasteiger partial charge in [0.15, 0.2) is 0 Å². The first-order chi connectivity index (χ1) is 14.5. The predicted octanol–water partition coefficient (Wildman–Crippen LogP) is 3.72. The fourth-order valence-electron chi connectivity index (χ4n) is 2.51. The minimum atomic E-state index is -0.304. The zero-order chi connectivity index (χ0) is 22.3. The average molecular weight is 542 g/mol. The van der Waals surface area contributed by atoms with Gasteiger partial charge in [-0.15, -0.1) is 0 Å². The molecule has 31 heavy (non-hydrogen) atoms. The van der Waals surface area contributed by atoms with Crippen LogP contribution < -0.4 is 24.0 Å². The van der Waals surface area contributed by atoms with E-state index in [-0.39, 0.29) is 29.9 Å². The summed E-state index contributed by atoms with van der Waals surface area (Å²) in [5, 5.41) is 0. The molecular formula is C27H44INO2. The number of esters is 1. The minimum absolute atomic E-state index is 0. The van der Waals surface area contributed by atoms with Crippen LogP contribution in [0.5, 0.6) is 0 Å². The molecule has 0 aromatic carbocycles. The number of rotatable bonds is 17. The minimum Gasteiger partial charge on any atom is -1.00 e. The van der Waals surface area contributed by atoms with Gasteiger partial charge in [0, 0.05) is 6.08 Å². The van der Waals surface area contributed by atoms with Gasteiger partial charge in [-0.05, 0) is 12.8 Å². The second-order valence-corrected chi connectivity index (χ2v) is 8.42. The number of quaternary nitrogens is 1. The van der Waals surface area contributed by atoms with Crippen molar-refractivity contribution in [3.63, 3.8) is 0 Å². The molecule has 0 saturated carbocycles. The summed E-state index contributed by atoms with van der Waals surface area (Å²) >= 11 is 0. The largest absolute Gasteiger partial charge is 1.00 e. The Labute approximate surface area is 208 Å². The van der Waals surface area contributed by atoms with E-state index < -0.39 is 0 Å². The normalized spacial score (nSPS) is 12.9. The van der Waals surface area contributed by atoms with Gasteiger partial charge >= 0.3 is 5.97 Å². The Morgan fingerprint density at radius 1 is 0.710 bits per heavy atom. The van der Waals surface area contributed by atoms with Crippen molar-refractivity contribution in [3.05, 3.63) is 72.9 Å². The maximum Gasteiger partial charge on any atom is 0.330 e. The Morgan fingerprint density at radius 3 is 1.74 bits per heavy atom. The van der Waals surface area contributed by atoms with Crippen LogP contribution in [0, 0.1) is 0 Å². The Bertz CT molecular complexity index is 593. The first-order valence-corrected chi connectivity index (χ1v) is 11.4. The molecule has 0 saturated heterocycles. The number of halogens is 1. The van der Waals surface area contributed by atoms with Gasteiger partial charge in [0.1, 0.15) is 13.2 Å². The number of unbranched alkanes of at least 4 members (excludes halogenated alkanes) is 7. The number of carbonyl (C=O) groups is 1. The third-order valence-corrected chi connectivity index (χ3v) is 4.35. The number of allylic oxidation sites excluding steroid dienone is 11. The smallest absolute Gasteiger partial charge is 0.330 e. The Balaban J connectivity index is 0. The third-order valence-electron chi connectivity index (χ3n) is 4.35. The molecule has 0 fully saturated rings. The van der Waals surface area contributed by atoms with E-state index in [9.17, 15) is 4.79 Å². The van der Waals surface area contributed by atoms with E-state index >= 15 is 0 Å². The van der Waals surface area contributed by atoms with Gasteiger partial charge in [0.2, 0.25) is 0 Å². The predicted molar refractivity (Wildman–Crippen MR) is 131 cm³/mol. The summed E-state index contributed by atoms with van der Waals surface area (Å²) in [5.74, 6) is -0.304. The highest BCUT2D eigenvalue weighted by Gasteiger charge is 2.07. The Kier molecular flexibility index (Phi) is 23.9. The first-order valence-electron chi connectivity index (χ1n) is 11.4. The van der Waals surface area contributed by atoms with Crippen LogP contribution in [0.15, 0.2) is 72.9 Å². The van der Waals surface area contributed by atoms with Crippen molar-refractivity contribution in [2.75, 3.05) is 34.3 Å². The maximum absolute atomic E-state index is 11.5. The molecule has 0 aliphatic carbocycles. The van der Waals surface area contributed by atoms with Crippen LogP contribution in [0.4, 0.5) is 0 Å². The average Bonchev–Trinajstić information content (AvgIpc) is 2.68. The second-order valence-electron chi connectivity index (χ2n) is 8.42. The third kappa shape index (κ3) is 28.6. The molecule has 3 nitrogen and oxygen atoms in total. The molecule has 0 bridgehead atoms. The number of hydrogen-bond donors (Lipinski definition) is 0. The number of carbonyl (C=O) groups excluding carboxylic acids is 1. The van der Waals surface area contributed by atoms with Crippen LogP contribution in [0.1, 0.15) is 58.3 Å². The van der Waals surface area contributed by atoms with Gasteiger partial charge in [-0.2, -0.15) is 0 Å². The van der Waals surface area contributed by atoms with E-state index in [1.807, 2.05) is 42.5 Å². The first kappa shape index (κ1) is 31.8. The summed E-state index contributed by atoms with van der Waals surface area (Å²) in [5.41, 5.74) is 0. The quantitative estimate of drug-likeness (QED) is 0.0701. The highest BCUT2D eigenvalue weighted by Crippen LogP contribution is 2.08. The van der Waals surface area contributed by atoms with E-state index in [0.29, 0.717) is 6.61 Å². The lowest BCUT2D eigenvalue weighted by atomic mass is 10.1. The summed E-state index contributed by atoms with van der Waals surface area (Å²) in [4.78, 5) is 11.5. The van der Waals surface area contributed by atoms with Gasteiger partial charge < -0.3 is 33.2 Å². The van der Waals surface area contributed by atoms with Crippen molar-refractivity contribution in [3.8, 4) is 0 Å². The van der Waals surface area contributed by atoms with Gasteiger partial charge in [-0.3, -0.25) is 0 Å². The lowest BCUT2D eigenvalue weighted by Gasteiger charge is -2.23. The summed E-state index contributed by atoms with van der Waals surface area (Å²) in [6.45, 7) is 3.49. The van der Waals surface area contributed by atoms with E-state index in [4.69, 9.17) is 4.74 Å².